The lowest BCUT2D eigenvalue weighted by Crippen LogP contribution is -2.31. The van der Waals surface area contributed by atoms with Gasteiger partial charge < -0.3 is 9.47 Å². The molecule has 0 aliphatic rings. The smallest absolute Gasteiger partial charge is 0.166 e. The van der Waals surface area contributed by atoms with Crippen LogP contribution in [-0.4, -0.2) is 31.8 Å². The molecular weight excluding hydrogens is 474 g/mol. The van der Waals surface area contributed by atoms with Crippen LogP contribution in [0.3, 0.4) is 0 Å². The van der Waals surface area contributed by atoms with Crippen molar-refractivity contribution in [1.29, 1.82) is 0 Å². The Balaban J connectivity index is 1.48. The van der Waals surface area contributed by atoms with Gasteiger partial charge >= 0.3 is 0 Å². The van der Waals surface area contributed by atoms with Crippen LogP contribution in [0.4, 0.5) is 0 Å². The Morgan fingerprint density at radius 3 is 2.32 bits per heavy atom. The first-order chi connectivity index (χ1) is 18.4. The second-order valence-corrected chi connectivity index (χ2v) is 9.70. The first-order valence-corrected chi connectivity index (χ1v) is 13.0. The van der Waals surface area contributed by atoms with Gasteiger partial charge in [-0.25, -0.2) is 9.97 Å². The highest BCUT2D eigenvalue weighted by atomic mass is 16.5. The molecular formula is C31H35N5O2. The fourth-order valence-electron chi connectivity index (χ4n) is 4.14. The van der Waals surface area contributed by atoms with Crippen LogP contribution in [-0.2, 0) is 16.8 Å². The Bertz CT molecular complexity index is 1310. The molecule has 7 nitrogen and oxygen atoms in total. The lowest BCUT2D eigenvalue weighted by molar-refractivity contribution is 0.269. The van der Waals surface area contributed by atoms with Crippen molar-refractivity contribution in [3.05, 3.63) is 103 Å². The van der Waals surface area contributed by atoms with Crippen LogP contribution in [0.1, 0.15) is 63.3 Å². The summed E-state index contributed by atoms with van der Waals surface area (Å²) in [6.07, 6.45) is 7.24. The van der Waals surface area contributed by atoms with Crippen LogP contribution in [0, 0.1) is 5.92 Å². The van der Waals surface area contributed by atoms with Gasteiger partial charge in [-0.15, -0.1) is 10.2 Å². The van der Waals surface area contributed by atoms with E-state index in [2.05, 4.69) is 78.7 Å². The van der Waals surface area contributed by atoms with Gasteiger partial charge in [0.05, 0.1) is 24.2 Å². The predicted molar refractivity (Wildman–Crippen MR) is 149 cm³/mol. The van der Waals surface area contributed by atoms with Crippen molar-refractivity contribution in [3.8, 4) is 17.0 Å². The first-order valence-electron chi connectivity index (χ1n) is 13.0. The van der Waals surface area contributed by atoms with E-state index in [9.17, 15) is 0 Å². The van der Waals surface area contributed by atoms with Gasteiger partial charge in [0.15, 0.2) is 5.82 Å². The predicted octanol–water partition coefficient (Wildman–Crippen LogP) is 6.66. The van der Waals surface area contributed by atoms with Crippen LogP contribution >= 0.6 is 0 Å². The average Bonchev–Trinajstić information content (AvgIpc) is 2.96. The second-order valence-electron chi connectivity index (χ2n) is 9.70. The number of unbranched alkanes of at least 4 members (excludes halogenated alkanes) is 1. The van der Waals surface area contributed by atoms with Gasteiger partial charge in [-0.05, 0) is 55.2 Å². The molecule has 0 radical (unpaired) electrons. The highest BCUT2D eigenvalue weighted by Gasteiger charge is 2.34. The molecule has 0 amide bonds. The first kappa shape index (κ1) is 26.9. The van der Waals surface area contributed by atoms with E-state index in [-0.39, 0.29) is 5.41 Å². The van der Waals surface area contributed by atoms with E-state index in [0.29, 0.717) is 42.2 Å². The number of hydrogen-bond donors (Lipinski definition) is 0. The zero-order valence-corrected chi connectivity index (χ0v) is 22.6. The summed E-state index contributed by atoms with van der Waals surface area (Å²) in [5.74, 6) is 2.18. The van der Waals surface area contributed by atoms with Gasteiger partial charge in [-0.3, -0.25) is 4.98 Å². The Hall–Kier alpha value is -4.13. The van der Waals surface area contributed by atoms with Crippen molar-refractivity contribution < 1.29 is 9.47 Å². The number of benzene rings is 1. The Morgan fingerprint density at radius 2 is 1.71 bits per heavy atom. The van der Waals surface area contributed by atoms with Gasteiger partial charge in [-0.2, -0.15) is 0 Å². The fraction of sp³-hybridized carbons (Fsp3) is 0.323. The van der Waals surface area contributed by atoms with E-state index < -0.39 is 0 Å². The summed E-state index contributed by atoms with van der Waals surface area (Å²) in [6.45, 7) is 13.7. The van der Waals surface area contributed by atoms with Crippen molar-refractivity contribution in [1.82, 2.24) is 25.1 Å². The van der Waals surface area contributed by atoms with Crippen molar-refractivity contribution in [2.75, 3.05) is 6.61 Å². The molecule has 38 heavy (non-hydrogen) atoms. The Kier molecular flexibility index (Phi) is 8.79. The Labute approximate surface area is 225 Å². The minimum atomic E-state index is -0.289. The topological polar surface area (TPSA) is 82.9 Å². The van der Waals surface area contributed by atoms with Crippen LogP contribution in [0.2, 0.25) is 0 Å². The lowest BCUT2D eigenvalue weighted by Gasteiger charge is -2.34. The molecule has 1 unspecified atom stereocenters. The standard InChI is InChI=1S/C31H35N5O2/c1-6-7-19-37-23(4)27-14-15-28(36-35-27)24-9-11-25(12-10-24)31(5,22(2)3)29-16-13-26(20-34-29)38-21-30-32-17-8-18-33-30/h8-18,20,22H,4,6-7,19,21H2,1-3,5H3. The summed E-state index contributed by atoms with van der Waals surface area (Å²) >= 11 is 0. The molecule has 0 fully saturated rings. The molecule has 0 saturated carbocycles. The molecule has 1 atom stereocenters. The molecule has 196 valence electrons. The minimum Gasteiger partial charge on any atom is -0.492 e. The van der Waals surface area contributed by atoms with Crippen LogP contribution < -0.4 is 4.74 Å². The van der Waals surface area contributed by atoms with E-state index >= 15 is 0 Å². The van der Waals surface area contributed by atoms with Crippen LogP contribution in [0.15, 0.2) is 79.8 Å². The van der Waals surface area contributed by atoms with E-state index in [1.165, 1.54) is 5.56 Å². The molecule has 0 aliphatic heterocycles. The summed E-state index contributed by atoms with van der Waals surface area (Å²) < 4.78 is 11.5. The third kappa shape index (κ3) is 6.22. The maximum atomic E-state index is 5.82. The summed E-state index contributed by atoms with van der Waals surface area (Å²) in [6, 6.07) is 18.1. The normalized spacial score (nSPS) is 12.7. The van der Waals surface area contributed by atoms with Crippen LogP contribution in [0.5, 0.6) is 5.75 Å². The van der Waals surface area contributed by atoms with Gasteiger partial charge in [-0.1, -0.05) is 58.0 Å². The van der Waals surface area contributed by atoms with Crippen molar-refractivity contribution in [2.45, 2.75) is 52.6 Å². The zero-order chi connectivity index (χ0) is 27.0. The third-order valence-corrected chi connectivity index (χ3v) is 6.92. The Morgan fingerprint density at radius 1 is 0.947 bits per heavy atom. The molecule has 1 aromatic carbocycles. The maximum Gasteiger partial charge on any atom is 0.166 e. The van der Waals surface area contributed by atoms with Gasteiger partial charge in [0, 0.05) is 23.4 Å². The number of nitrogens with zero attached hydrogens (tertiary/aromatic N) is 5. The SMILES string of the molecule is C=C(OCCCC)c1ccc(-c2ccc(C(C)(c3ccc(OCc4ncccn4)cn3)C(C)C)cc2)nn1. The van der Waals surface area contributed by atoms with Gasteiger partial charge in [0.2, 0.25) is 0 Å². The molecule has 0 bridgehead atoms. The van der Waals surface area contributed by atoms with Crippen molar-refractivity contribution in [3.63, 3.8) is 0 Å². The molecule has 3 aromatic heterocycles. The quantitative estimate of drug-likeness (QED) is 0.156. The molecule has 0 aliphatic carbocycles. The number of pyridine rings is 1. The molecule has 0 spiro atoms. The fourth-order valence-corrected chi connectivity index (χ4v) is 4.14. The number of hydrogen-bond acceptors (Lipinski definition) is 7. The third-order valence-electron chi connectivity index (χ3n) is 6.92. The van der Waals surface area contributed by atoms with Gasteiger partial charge in [0.25, 0.3) is 0 Å². The van der Waals surface area contributed by atoms with Gasteiger partial charge in [0.1, 0.15) is 23.8 Å². The van der Waals surface area contributed by atoms with E-state index in [0.717, 1.165) is 29.8 Å². The molecule has 0 saturated heterocycles. The molecule has 3 heterocycles. The van der Waals surface area contributed by atoms with Crippen LogP contribution in [0.25, 0.3) is 17.0 Å². The van der Waals surface area contributed by atoms with E-state index in [1.807, 2.05) is 24.3 Å². The molecule has 7 heteroatoms. The highest BCUT2D eigenvalue weighted by Crippen LogP contribution is 2.39. The second kappa shape index (κ2) is 12.4. The summed E-state index contributed by atoms with van der Waals surface area (Å²) in [5.41, 5.74) is 4.32. The van der Waals surface area contributed by atoms with E-state index in [4.69, 9.17) is 14.5 Å². The molecule has 0 N–H and O–H groups in total. The molecule has 4 rings (SSSR count). The zero-order valence-electron chi connectivity index (χ0n) is 22.6. The lowest BCUT2D eigenvalue weighted by atomic mass is 9.70. The summed E-state index contributed by atoms with van der Waals surface area (Å²) in [4.78, 5) is 13.2. The number of ether oxygens (including phenoxy) is 2. The summed E-state index contributed by atoms with van der Waals surface area (Å²) in [7, 11) is 0. The maximum absolute atomic E-state index is 5.82. The summed E-state index contributed by atoms with van der Waals surface area (Å²) in [5, 5.41) is 8.73. The monoisotopic (exact) mass is 509 g/mol. The minimum absolute atomic E-state index is 0.289. The van der Waals surface area contributed by atoms with E-state index in [1.54, 1.807) is 24.7 Å². The average molecular weight is 510 g/mol. The van der Waals surface area contributed by atoms with Crippen molar-refractivity contribution >= 4 is 5.76 Å². The molecule has 4 aromatic rings. The largest absolute Gasteiger partial charge is 0.492 e. The highest BCUT2D eigenvalue weighted by molar-refractivity contribution is 5.62. The number of rotatable bonds is 12. The number of aromatic nitrogens is 5. The van der Waals surface area contributed by atoms with Crippen molar-refractivity contribution in [2.24, 2.45) is 5.92 Å².